The summed E-state index contributed by atoms with van der Waals surface area (Å²) in [7, 11) is 0. The molecule has 1 aromatic rings. The third-order valence-corrected chi connectivity index (χ3v) is 6.54. The van der Waals surface area contributed by atoms with Gasteiger partial charge in [-0.15, -0.1) is 0 Å². The number of pyridine rings is 1. The Morgan fingerprint density at radius 2 is 1.57 bits per heavy atom. The number of fused-ring (bicyclic) bond motifs is 2. The van der Waals surface area contributed by atoms with E-state index < -0.39 is 35.1 Å². The lowest BCUT2D eigenvalue weighted by Gasteiger charge is -2.33. The van der Waals surface area contributed by atoms with Crippen molar-refractivity contribution >= 4 is 35.5 Å². The summed E-state index contributed by atoms with van der Waals surface area (Å²) in [5, 5.41) is -0.185. The Morgan fingerprint density at radius 3 is 2.17 bits per heavy atom. The number of rotatable bonds is 1. The maximum absolute atomic E-state index is 15.9. The normalized spacial score (nSPS) is 22.3. The van der Waals surface area contributed by atoms with E-state index in [1.807, 2.05) is 0 Å². The Balaban J connectivity index is 1.66. The molecule has 1 saturated heterocycles. The van der Waals surface area contributed by atoms with Gasteiger partial charge in [-0.3, -0.25) is 9.69 Å². The van der Waals surface area contributed by atoms with Crippen LogP contribution in [0.2, 0.25) is 5.15 Å². The molecule has 2 atom stereocenters. The Morgan fingerprint density at radius 1 is 1.00 bits per heavy atom. The molecule has 3 heterocycles. The topological polar surface area (TPSA) is 92.3 Å². The first-order chi connectivity index (χ1) is 16.2. The summed E-state index contributed by atoms with van der Waals surface area (Å²) < 4.78 is 26.8. The fourth-order valence-electron chi connectivity index (χ4n) is 4.88. The average molecular weight is 511 g/mol. The highest BCUT2D eigenvalue weighted by Gasteiger charge is 2.48. The van der Waals surface area contributed by atoms with Gasteiger partial charge in [0.1, 0.15) is 16.4 Å². The summed E-state index contributed by atoms with van der Waals surface area (Å²) in [6.07, 6.45) is 2.07. The molecule has 192 valence electrons. The molecule has 4 rings (SSSR count). The van der Waals surface area contributed by atoms with Gasteiger partial charge in [-0.2, -0.15) is 0 Å². The molecule has 2 aliphatic heterocycles. The van der Waals surface area contributed by atoms with Crippen LogP contribution in [0.3, 0.4) is 0 Å². The van der Waals surface area contributed by atoms with Crippen LogP contribution in [-0.4, -0.2) is 62.8 Å². The highest BCUT2D eigenvalue weighted by atomic mass is 35.5. The molecular formula is C24H32ClFN4O5. The van der Waals surface area contributed by atoms with Crippen LogP contribution in [0.4, 0.5) is 19.8 Å². The minimum absolute atomic E-state index is 0.000985. The molecule has 3 amide bonds. The van der Waals surface area contributed by atoms with Crippen LogP contribution in [0.5, 0.6) is 0 Å². The van der Waals surface area contributed by atoms with Gasteiger partial charge >= 0.3 is 12.2 Å². The number of hydrogen-bond donors (Lipinski definition) is 0. The molecule has 1 aliphatic carbocycles. The molecule has 0 N–H and O–H groups in total. The number of hydrogen-bond acceptors (Lipinski definition) is 7. The molecule has 0 unspecified atom stereocenters. The zero-order chi connectivity index (χ0) is 25.9. The third-order valence-electron chi connectivity index (χ3n) is 6.26. The fourth-order valence-corrected chi connectivity index (χ4v) is 5.16. The van der Waals surface area contributed by atoms with Crippen molar-refractivity contribution in [1.82, 2.24) is 14.8 Å². The molecule has 1 saturated carbocycles. The predicted molar refractivity (Wildman–Crippen MR) is 127 cm³/mol. The minimum atomic E-state index is -0.875. The number of ether oxygens (including phenoxy) is 2. The van der Waals surface area contributed by atoms with Gasteiger partial charge in [0.05, 0.1) is 30.9 Å². The molecule has 1 aromatic heterocycles. The number of carbonyl (C=O) groups is 3. The first-order valence-electron chi connectivity index (χ1n) is 11.9. The van der Waals surface area contributed by atoms with Gasteiger partial charge in [-0.1, -0.05) is 24.4 Å². The Kier molecular flexibility index (Phi) is 6.40. The van der Waals surface area contributed by atoms with Gasteiger partial charge in [0, 0.05) is 5.56 Å². The summed E-state index contributed by atoms with van der Waals surface area (Å²) >= 11 is 6.38. The van der Waals surface area contributed by atoms with E-state index in [9.17, 15) is 14.4 Å². The van der Waals surface area contributed by atoms with Crippen molar-refractivity contribution in [3.8, 4) is 0 Å². The predicted octanol–water partition coefficient (Wildman–Crippen LogP) is 5.09. The van der Waals surface area contributed by atoms with Crippen LogP contribution in [0.15, 0.2) is 0 Å². The largest absolute Gasteiger partial charge is 0.444 e. The van der Waals surface area contributed by atoms with E-state index in [1.54, 1.807) is 51.3 Å². The van der Waals surface area contributed by atoms with Gasteiger partial charge in [0.25, 0.3) is 5.91 Å². The van der Waals surface area contributed by atoms with Crippen molar-refractivity contribution in [3.63, 3.8) is 0 Å². The molecule has 0 bridgehead atoms. The summed E-state index contributed by atoms with van der Waals surface area (Å²) in [5.74, 6) is -1.50. The van der Waals surface area contributed by atoms with Crippen molar-refractivity contribution in [2.75, 3.05) is 11.6 Å². The highest BCUT2D eigenvalue weighted by molar-refractivity contribution is 6.33. The zero-order valence-electron chi connectivity index (χ0n) is 21.0. The van der Waals surface area contributed by atoms with Crippen molar-refractivity contribution in [3.05, 3.63) is 22.1 Å². The van der Waals surface area contributed by atoms with E-state index in [4.69, 9.17) is 21.1 Å². The van der Waals surface area contributed by atoms with E-state index >= 15 is 4.39 Å². The number of aromatic nitrogens is 1. The second kappa shape index (κ2) is 8.80. The van der Waals surface area contributed by atoms with Gasteiger partial charge < -0.3 is 14.4 Å². The van der Waals surface area contributed by atoms with Crippen LogP contribution in [0.25, 0.3) is 0 Å². The number of nitrogens with zero attached hydrogens (tertiary/aromatic N) is 4. The van der Waals surface area contributed by atoms with Crippen LogP contribution in [-0.2, 0) is 16.0 Å². The van der Waals surface area contributed by atoms with E-state index in [1.165, 1.54) is 0 Å². The molecule has 9 nitrogen and oxygen atoms in total. The van der Waals surface area contributed by atoms with Crippen LogP contribution in [0, 0.1) is 5.82 Å². The lowest BCUT2D eigenvalue weighted by atomic mass is 9.90. The Bertz CT molecular complexity index is 1070. The van der Waals surface area contributed by atoms with Crippen molar-refractivity contribution < 1.29 is 28.2 Å². The number of imide groups is 1. The smallest absolute Gasteiger partial charge is 0.417 e. The summed E-state index contributed by atoms with van der Waals surface area (Å²) in [6.45, 7) is 10.2. The van der Waals surface area contributed by atoms with Gasteiger partial charge in [0.2, 0.25) is 0 Å². The van der Waals surface area contributed by atoms with E-state index in [0.717, 1.165) is 30.6 Å². The number of halogens is 2. The average Bonchev–Trinajstić information content (AvgIpc) is 3.27. The van der Waals surface area contributed by atoms with Crippen LogP contribution >= 0.6 is 11.6 Å². The molecule has 3 aliphatic rings. The first kappa shape index (κ1) is 25.5. The second-order valence-corrected chi connectivity index (χ2v) is 11.6. The van der Waals surface area contributed by atoms with E-state index in [2.05, 4.69) is 4.98 Å². The van der Waals surface area contributed by atoms with Crippen molar-refractivity contribution in [2.24, 2.45) is 0 Å². The fraction of sp³-hybridized carbons (Fsp3) is 0.667. The highest BCUT2D eigenvalue weighted by Crippen LogP contribution is 2.41. The van der Waals surface area contributed by atoms with Gasteiger partial charge in [0.15, 0.2) is 11.6 Å². The lowest BCUT2D eigenvalue weighted by Crippen LogP contribution is -2.44. The minimum Gasteiger partial charge on any atom is -0.444 e. The number of anilines is 1. The third kappa shape index (κ3) is 4.90. The van der Waals surface area contributed by atoms with Gasteiger partial charge in [-0.05, 0) is 54.4 Å². The maximum Gasteiger partial charge on any atom is 0.417 e. The Labute approximate surface area is 209 Å². The zero-order valence-corrected chi connectivity index (χ0v) is 21.7. The molecule has 0 aromatic carbocycles. The summed E-state index contributed by atoms with van der Waals surface area (Å²) in [5.41, 5.74) is -1.63. The van der Waals surface area contributed by atoms with Crippen molar-refractivity contribution in [2.45, 2.75) is 97.1 Å². The summed E-state index contributed by atoms with van der Waals surface area (Å²) in [6, 6.07) is -0.307. The van der Waals surface area contributed by atoms with Crippen LogP contribution in [0.1, 0.15) is 83.1 Å². The SMILES string of the molecule is CC(C)(C)OC(=O)N1Cc2c(F)c(N3CN(C(=O)OC(C)(C)C)[C@H]4CCCC[C@H]43)nc(Cl)c2C1=O. The van der Waals surface area contributed by atoms with Crippen LogP contribution < -0.4 is 4.90 Å². The van der Waals surface area contributed by atoms with E-state index in [-0.39, 0.29) is 47.4 Å². The monoisotopic (exact) mass is 510 g/mol. The number of carbonyl (C=O) groups excluding carboxylic acids is 3. The quantitative estimate of drug-likeness (QED) is 0.486. The molecule has 0 spiro atoms. The van der Waals surface area contributed by atoms with Crippen molar-refractivity contribution in [1.29, 1.82) is 0 Å². The molecule has 2 fully saturated rings. The molecule has 0 radical (unpaired) electrons. The maximum atomic E-state index is 15.9. The molecule has 35 heavy (non-hydrogen) atoms. The molecule has 11 heteroatoms. The Hall–Kier alpha value is -2.62. The van der Waals surface area contributed by atoms with Gasteiger partial charge in [-0.25, -0.2) is 23.9 Å². The first-order valence-corrected chi connectivity index (χ1v) is 12.2. The standard InChI is InChI=1S/C24H32ClFN4O5/c1-23(2,3)34-21(32)28-11-13-16(20(28)31)18(25)27-19(17(13)26)29-12-30(22(33)35-24(4,5)6)15-10-8-7-9-14(15)29/h14-15H,7-12H2,1-6H3/t14-,15+/m1/s1. The summed E-state index contributed by atoms with van der Waals surface area (Å²) in [4.78, 5) is 46.8. The second-order valence-electron chi connectivity index (χ2n) is 11.2. The lowest BCUT2D eigenvalue weighted by molar-refractivity contribution is 0.0197. The number of amides is 3. The molecular weight excluding hydrogens is 479 g/mol. The van der Waals surface area contributed by atoms with E-state index in [0.29, 0.717) is 0 Å².